The maximum Gasteiger partial charge on any atom is 0.223 e. The highest BCUT2D eigenvalue weighted by molar-refractivity contribution is 5.85. The Balaban J connectivity index is 0.00000312. The van der Waals surface area contributed by atoms with Gasteiger partial charge in [-0.2, -0.15) is 0 Å². The van der Waals surface area contributed by atoms with E-state index in [-0.39, 0.29) is 47.6 Å². The van der Waals surface area contributed by atoms with Gasteiger partial charge in [-0.05, 0) is 51.4 Å². The topological polar surface area (TPSA) is 84.2 Å². The zero-order valence-electron chi connectivity index (χ0n) is 16.0. The monoisotopic (exact) mass is 373 g/mol. The molecule has 4 N–H and O–H groups in total. The Kier molecular flexibility index (Phi) is 8.69. The lowest BCUT2D eigenvalue weighted by atomic mass is 9.83. The number of hydrogen-bond acceptors (Lipinski definition) is 3. The van der Waals surface area contributed by atoms with Crippen LogP contribution in [0.1, 0.15) is 72.1 Å². The first-order valence-electron chi connectivity index (χ1n) is 9.68. The fourth-order valence-electron chi connectivity index (χ4n) is 3.82. The molecule has 0 aromatic carbocycles. The lowest BCUT2D eigenvalue weighted by molar-refractivity contribution is -0.128. The van der Waals surface area contributed by atoms with Gasteiger partial charge in [0.05, 0.1) is 5.54 Å². The van der Waals surface area contributed by atoms with Gasteiger partial charge < -0.3 is 16.4 Å². The average Bonchev–Trinajstić information content (AvgIpc) is 3.09. The van der Waals surface area contributed by atoms with Crippen LogP contribution in [0.4, 0.5) is 0 Å². The maximum atomic E-state index is 12.6. The molecule has 2 aliphatic rings. The van der Waals surface area contributed by atoms with E-state index in [0.717, 1.165) is 38.5 Å². The van der Waals surface area contributed by atoms with Crippen LogP contribution in [0.2, 0.25) is 0 Å². The van der Waals surface area contributed by atoms with E-state index in [9.17, 15) is 9.59 Å². The SMILES string of the molecule is CC(C)C(C)(CN)NC(=O)C1CCC(NC(=O)C2CCCC2)CC1.Cl. The minimum atomic E-state index is -0.343. The van der Waals surface area contributed by atoms with Crippen molar-refractivity contribution >= 4 is 24.2 Å². The number of rotatable bonds is 6. The molecule has 2 aliphatic carbocycles. The van der Waals surface area contributed by atoms with Crippen molar-refractivity contribution in [2.24, 2.45) is 23.5 Å². The van der Waals surface area contributed by atoms with Crippen molar-refractivity contribution in [1.29, 1.82) is 0 Å². The van der Waals surface area contributed by atoms with Gasteiger partial charge in [0.25, 0.3) is 0 Å². The maximum absolute atomic E-state index is 12.6. The van der Waals surface area contributed by atoms with Gasteiger partial charge in [0.2, 0.25) is 11.8 Å². The van der Waals surface area contributed by atoms with E-state index in [1.54, 1.807) is 0 Å². The second-order valence-corrected chi connectivity index (χ2v) is 8.30. The third kappa shape index (κ3) is 5.85. The summed E-state index contributed by atoms with van der Waals surface area (Å²) in [6.45, 7) is 6.64. The van der Waals surface area contributed by atoms with Crippen LogP contribution in [-0.2, 0) is 9.59 Å². The Morgan fingerprint density at radius 3 is 2.00 bits per heavy atom. The van der Waals surface area contributed by atoms with Crippen molar-refractivity contribution in [2.75, 3.05) is 6.54 Å². The predicted molar refractivity (Wildman–Crippen MR) is 104 cm³/mol. The zero-order valence-corrected chi connectivity index (χ0v) is 16.8. The fourth-order valence-corrected chi connectivity index (χ4v) is 3.82. The molecule has 146 valence electrons. The minimum Gasteiger partial charge on any atom is -0.353 e. The molecular weight excluding hydrogens is 338 g/mol. The largest absolute Gasteiger partial charge is 0.353 e. The van der Waals surface area contributed by atoms with E-state index in [0.29, 0.717) is 12.5 Å². The quantitative estimate of drug-likeness (QED) is 0.669. The third-order valence-corrected chi connectivity index (χ3v) is 6.28. The molecule has 6 heteroatoms. The first-order valence-corrected chi connectivity index (χ1v) is 9.68. The summed E-state index contributed by atoms with van der Waals surface area (Å²) in [5.74, 6) is 0.929. The molecular formula is C19H36ClN3O2. The van der Waals surface area contributed by atoms with Gasteiger partial charge in [-0.3, -0.25) is 9.59 Å². The molecule has 0 aromatic heterocycles. The first-order chi connectivity index (χ1) is 11.4. The van der Waals surface area contributed by atoms with Crippen LogP contribution in [0.3, 0.4) is 0 Å². The predicted octanol–water partition coefficient (Wildman–Crippen LogP) is 2.76. The van der Waals surface area contributed by atoms with Crippen LogP contribution in [0.15, 0.2) is 0 Å². The molecule has 0 saturated heterocycles. The number of hydrogen-bond donors (Lipinski definition) is 3. The van der Waals surface area contributed by atoms with Crippen molar-refractivity contribution in [3.05, 3.63) is 0 Å². The molecule has 0 heterocycles. The van der Waals surface area contributed by atoms with Gasteiger partial charge in [-0.25, -0.2) is 0 Å². The summed E-state index contributed by atoms with van der Waals surface area (Å²) in [6, 6.07) is 0.244. The minimum absolute atomic E-state index is 0. The molecule has 2 saturated carbocycles. The Hall–Kier alpha value is -0.810. The van der Waals surface area contributed by atoms with Gasteiger partial charge in [-0.1, -0.05) is 26.7 Å². The molecule has 0 spiro atoms. The van der Waals surface area contributed by atoms with E-state index in [1.165, 1.54) is 12.8 Å². The highest BCUT2D eigenvalue weighted by Gasteiger charge is 2.34. The summed E-state index contributed by atoms with van der Waals surface area (Å²) in [4.78, 5) is 24.8. The van der Waals surface area contributed by atoms with Crippen LogP contribution in [0.25, 0.3) is 0 Å². The van der Waals surface area contributed by atoms with E-state index >= 15 is 0 Å². The molecule has 2 amide bonds. The zero-order chi connectivity index (χ0) is 17.7. The van der Waals surface area contributed by atoms with Crippen LogP contribution >= 0.6 is 12.4 Å². The fraction of sp³-hybridized carbons (Fsp3) is 0.895. The number of amides is 2. The smallest absolute Gasteiger partial charge is 0.223 e. The lowest BCUT2D eigenvalue weighted by Gasteiger charge is -2.36. The van der Waals surface area contributed by atoms with E-state index in [2.05, 4.69) is 24.5 Å². The molecule has 0 aromatic rings. The second-order valence-electron chi connectivity index (χ2n) is 8.30. The highest BCUT2D eigenvalue weighted by atomic mass is 35.5. The standard InChI is InChI=1S/C19H35N3O2.ClH/c1-13(2)19(3,12-20)22-18(24)15-8-10-16(11-9-15)21-17(23)14-6-4-5-7-14;/h13-16H,4-12,20H2,1-3H3,(H,21,23)(H,22,24);1H. The van der Waals surface area contributed by atoms with Crippen molar-refractivity contribution in [2.45, 2.75) is 83.7 Å². The molecule has 1 unspecified atom stereocenters. The Morgan fingerprint density at radius 1 is 1.00 bits per heavy atom. The molecule has 1 atom stereocenters. The Labute approximate surface area is 158 Å². The highest BCUT2D eigenvalue weighted by Crippen LogP contribution is 2.28. The Bertz CT molecular complexity index is 444. The Morgan fingerprint density at radius 2 is 1.52 bits per heavy atom. The number of carbonyl (C=O) groups excluding carboxylic acids is 2. The van der Waals surface area contributed by atoms with Gasteiger partial charge in [0.1, 0.15) is 0 Å². The van der Waals surface area contributed by atoms with E-state index in [4.69, 9.17) is 5.73 Å². The van der Waals surface area contributed by atoms with Crippen LogP contribution < -0.4 is 16.4 Å². The van der Waals surface area contributed by atoms with Crippen LogP contribution in [0.5, 0.6) is 0 Å². The van der Waals surface area contributed by atoms with Crippen molar-refractivity contribution < 1.29 is 9.59 Å². The molecule has 0 aliphatic heterocycles. The van der Waals surface area contributed by atoms with Crippen molar-refractivity contribution in [3.63, 3.8) is 0 Å². The molecule has 5 nitrogen and oxygen atoms in total. The number of halogens is 1. The van der Waals surface area contributed by atoms with Crippen molar-refractivity contribution in [3.8, 4) is 0 Å². The molecule has 25 heavy (non-hydrogen) atoms. The second kappa shape index (κ2) is 9.77. The molecule has 0 bridgehead atoms. The number of nitrogens with one attached hydrogen (secondary N) is 2. The first kappa shape index (κ1) is 22.2. The van der Waals surface area contributed by atoms with Crippen molar-refractivity contribution in [1.82, 2.24) is 10.6 Å². The van der Waals surface area contributed by atoms with Crippen LogP contribution in [-0.4, -0.2) is 29.9 Å². The molecule has 0 radical (unpaired) electrons. The van der Waals surface area contributed by atoms with Gasteiger partial charge >= 0.3 is 0 Å². The number of nitrogens with two attached hydrogens (primary N) is 1. The average molecular weight is 374 g/mol. The summed E-state index contributed by atoms with van der Waals surface area (Å²) in [5, 5.41) is 6.37. The lowest BCUT2D eigenvalue weighted by Crippen LogP contribution is -2.56. The number of carbonyl (C=O) groups is 2. The normalized spacial score (nSPS) is 26.6. The summed E-state index contributed by atoms with van der Waals surface area (Å²) in [6.07, 6.45) is 7.93. The third-order valence-electron chi connectivity index (χ3n) is 6.28. The van der Waals surface area contributed by atoms with E-state index in [1.807, 2.05) is 6.92 Å². The summed E-state index contributed by atoms with van der Waals surface area (Å²) >= 11 is 0. The summed E-state index contributed by atoms with van der Waals surface area (Å²) < 4.78 is 0. The summed E-state index contributed by atoms with van der Waals surface area (Å²) in [7, 11) is 0. The van der Waals surface area contributed by atoms with Gasteiger partial charge in [0, 0.05) is 24.4 Å². The van der Waals surface area contributed by atoms with E-state index < -0.39 is 0 Å². The van der Waals surface area contributed by atoms with Gasteiger partial charge in [0.15, 0.2) is 0 Å². The summed E-state index contributed by atoms with van der Waals surface area (Å²) in [5.41, 5.74) is 5.52. The van der Waals surface area contributed by atoms with Gasteiger partial charge in [-0.15, -0.1) is 12.4 Å². The molecule has 2 fully saturated rings. The van der Waals surface area contributed by atoms with Crippen LogP contribution in [0, 0.1) is 17.8 Å². The molecule has 2 rings (SSSR count).